The Morgan fingerprint density at radius 1 is 1.64 bits per heavy atom. The Morgan fingerprint density at radius 3 is 2.91 bits per heavy atom. The summed E-state index contributed by atoms with van der Waals surface area (Å²) in [6.45, 7) is 3.94. The first kappa shape index (κ1) is 8.53. The van der Waals surface area contributed by atoms with Crippen LogP contribution in [0, 0.1) is 11.8 Å². The van der Waals surface area contributed by atoms with Crippen molar-refractivity contribution in [2.24, 2.45) is 11.8 Å². The number of hydrogen-bond acceptors (Lipinski definition) is 3. The van der Waals surface area contributed by atoms with Gasteiger partial charge in [-0.2, -0.15) is 0 Å². The van der Waals surface area contributed by atoms with Crippen molar-refractivity contribution in [3.63, 3.8) is 0 Å². The lowest BCUT2D eigenvalue weighted by atomic mass is 9.88. The number of carbonyl (C=O) groups excluding carboxylic acids is 1. The van der Waals surface area contributed by atoms with Crippen molar-refractivity contribution >= 4 is 5.97 Å². The maximum absolute atomic E-state index is 11.1. The molecule has 0 aromatic rings. The van der Waals surface area contributed by atoms with Crippen LogP contribution in [0.1, 0.15) is 13.3 Å². The Hall–Kier alpha value is -0.570. The van der Waals surface area contributed by atoms with E-state index >= 15 is 0 Å². The topological polar surface area (TPSA) is 38.3 Å². The molecule has 0 spiro atoms. The predicted molar refractivity (Wildman–Crippen MR) is 42.2 cm³/mol. The summed E-state index contributed by atoms with van der Waals surface area (Å²) in [5.41, 5.74) is 0. The van der Waals surface area contributed by atoms with Gasteiger partial charge in [-0.1, -0.05) is 6.92 Å². The Balaban J connectivity index is 2.47. The summed E-state index contributed by atoms with van der Waals surface area (Å²) in [6, 6.07) is 0. The van der Waals surface area contributed by atoms with Crippen LogP contribution < -0.4 is 5.32 Å². The van der Waals surface area contributed by atoms with Gasteiger partial charge >= 0.3 is 5.97 Å². The number of esters is 1. The molecule has 64 valence electrons. The van der Waals surface area contributed by atoms with Gasteiger partial charge in [0, 0.05) is 0 Å². The molecule has 0 aromatic heterocycles. The van der Waals surface area contributed by atoms with E-state index in [1.54, 1.807) is 0 Å². The van der Waals surface area contributed by atoms with Crippen LogP contribution in [-0.4, -0.2) is 26.2 Å². The zero-order chi connectivity index (χ0) is 8.27. The summed E-state index contributed by atoms with van der Waals surface area (Å²) in [5, 5.41) is 3.24. The van der Waals surface area contributed by atoms with Gasteiger partial charge in [0.15, 0.2) is 0 Å². The van der Waals surface area contributed by atoms with Crippen LogP contribution in [0.3, 0.4) is 0 Å². The number of hydrogen-bond donors (Lipinski definition) is 1. The maximum Gasteiger partial charge on any atom is 0.309 e. The first-order chi connectivity index (χ1) is 5.25. The molecule has 0 saturated carbocycles. The zero-order valence-corrected chi connectivity index (χ0v) is 7.09. The second kappa shape index (κ2) is 3.72. The molecule has 1 aliphatic heterocycles. The lowest BCUT2D eigenvalue weighted by Gasteiger charge is -2.26. The molecule has 11 heavy (non-hydrogen) atoms. The molecule has 1 saturated heterocycles. The fourth-order valence-electron chi connectivity index (χ4n) is 1.52. The molecule has 0 radical (unpaired) electrons. The Kier molecular flexibility index (Phi) is 2.88. The molecule has 0 bridgehead atoms. The van der Waals surface area contributed by atoms with E-state index in [2.05, 4.69) is 12.2 Å². The number of nitrogens with one attached hydrogen (secondary N) is 1. The van der Waals surface area contributed by atoms with Gasteiger partial charge < -0.3 is 10.1 Å². The second-order valence-corrected chi connectivity index (χ2v) is 3.10. The molecular weight excluding hydrogens is 142 g/mol. The number of rotatable bonds is 1. The van der Waals surface area contributed by atoms with Crippen molar-refractivity contribution < 1.29 is 9.53 Å². The van der Waals surface area contributed by atoms with E-state index in [0.717, 1.165) is 19.5 Å². The maximum atomic E-state index is 11.1. The summed E-state index contributed by atoms with van der Waals surface area (Å²) in [4.78, 5) is 11.1. The fraction of sp³-hybridized carbons (Fsp3) is 0.875. The number of piperidine rings is 1. The summed E-state index contributed by atoms with van der Waals surface area (Å²) >= 11 is 0. The van der Waals surface area contributed by atoms with E-state index in [-0.39, 0.29) is 11.9 Å². The molecular formula is C8H15NO2. The average molecular weight is 157 g/mol. The highest BCUT2D eigenvalue weighted by Gasteiger charge is 2.27. The molecule has 0 aromatic carbocycles. The third kappa shape index (κ3) is 1.93. The molecule has 0 unspecified atom stereocenters. The van der Waals surface area contributed by atoms with Gasteiger partial charge in [0.2, 0.25) is 0 Å². The zero-order valence-electron chi connectivity index (χ0n) is 7.09. The fourth-order valence-corrected chi connectivity index (χ4v) is 1.52. The van der Waals surface area contributed by atoms with Crippen LogP contribution in [0.4, 0.5) is 0 Å². The van der Waals surface area contributed by atoms with E-state index in [1.807, 2.05) is 0 Å². The van der Waals surface area contributed by atoms with Crippen molar-refractivity contribution in [3.8, 4) is 0 Å². The highest BCUT2D eigenvalue weighted by molar-refractivity contribution is 5.72. The van der Waals surface area contributed by atoms with Crippen LogP contribution in [0.2, 0.25) is 0 Å². The standard InChI is InChI=1S/C8H15NO2/c1-6-5-9-4-3-7(6)8(10)11-2/h6-7,9H,3-5H2,1-2H3/t6-,7+/m0/s1. The number of ether oxygens (including phenoxy) is 1. The average Bonchev–Trinajstić information content (AvgIpc) is 2.04. The normalized spacial score (nSPS) is 31.5. The van der Waals surface area contributed by atoms with Gasteiger partial charge in [0.25, 0.3) is 0 Å². The summed E-state index contributed by atoms with van der Waals surface area (Å²) < 4.78 is 4.69. The van der Waals surface area contributed by atoms with Crippen LogP contribution in [0.5, 0.6) is 0 Å². The smallest absolute Gasteiger partial charge is 0.309 e. The highest BCUT2D eigenvalue weighted by atomic mass is 16.5. The highest BCUT2D eigenvalue weighted by Crippen LogP contribution is 2.19. The van der Waals surface area contributed by atoms with Crippen molar-refractivity contribution in [2.45, 2.75) is 13.3 Å². The third-order valence-electron chi connectivity index (χ3n) is 2.29. The Bertz CT molecular complexity index is 147. The molecule has 1 fully saturated rings. The van der Waals surface area contributed by atoms with E-state index in [0.29, 0.717) is 5.92 Å². The first-order valence-corrected chi connectivity index (χ1v) is 4.04. The quantitative estimate of drug-likeness (QED) is 0.560. The van der Waals surface area contributed by atoms with Crippen molar-refractivity contribution in [2.75, 3.05) is 20.2 Å². The number of carbonyl (C=O) groups is 1. The summed E-state index contributed by atoms with van der Waals surface area (Å²) in [5.74, 6) is 0.469. The van der Waals surface area contributed by atoms with Crippen molar-refractivity contribution in [1.82, 2.24) is 5.32 Å². The van der Waals surface area contributed by atoms with Crippen molar-refractivity contribution in [1.29, 1.82) is 0 Å². The Morgan fingerprint density at radius 2 is 2.36 bits per heavy atom. The Labute approximate surface area is 67.1 Å². The van der Waals surface area contributed by atoms with Gasteiger partial charge in [-0.15, -0.1) is 0 Å². The van der Waals surface area contributed by atoms with E-state index in [9.17, 15) is 4.79 Å². The largest absolute Gasteiger partial charge is 0.469 e. The SMILES string of the molecule is COC(=O)[C@@H]1CCNC[C@@H]1C. The molecule has 1 rings (SSSR count). The van der Waals surface area contributed by atoms with Crippen LogP contribution in [0.25, 0.3) is 0 Å². The molecule has 2 atom stereocenters. The van der Waals surface area contributed by atoms with Gasteiger partial charge in [0.1, 0.15) is 0 Å². The molecule has 0 amide bonds. The molecule has 1 heterocycles. The molecule has 1 N–H and O–H groups in total. The van der Waals surface area contributed by atoms with Crippen molar-refractivity contribution in [3.05, 3.63) is 0 Å². The lowest BCUT2D eigenvalue weighted by Crippen LogP contribution is -2.39. The van der Waals surface area contributed by atoms with Crippen LogP contribution in [-0.2, 0) is 9.53 Å². The minimum Gasteiger partial charge on any atom is -0.469 e. The monoisotopic (exact) mass is 157 g/mol. The van der Waals surface area contributed by atoms with Crippen LogP contribution >= 0.6 is 0 Å². The third-order valence-corrected chi connectivity index (χ3v) is 2.29. The van der Waals surface area contributed by atoms with E-state index < -0.39 is 0 Å². The van der Waals surface area contributed by atoms with Gasteiger partial charge in [-0.05, 0) is 25.4 Å². The molecule has 3 nitrogen and oxygen atoms in total. The molecule has 0 aliphatic carbocycles. The minimum absolute atomic E-state index is 0.0565. The van der Waals surface area contributed by atoms with Gasteiger partial charge in [0.05, 0.1) is 13.0 Å². The minimum atomic E-state index is -0.0565. The van der Waals surface area contributed by atoms with Gasteiger partial charge in [-0.3, -0.25) is 4.79 Å². The van der Waals surface area contributed by atoms with E-state index in [1.165, 1.54) is 7.11 Å². The number of methoxy groups -OCH3 is 1. The van der Waals surface area contributed by atoms with Crippen LogP contribution in [0.15, 0.2) is 0 Å². The first-order valence-electron chi connectivity index (χ1n) is 4.04. The predicted octanol–water partition coefficient (Wildman–Crippen LogP) is 0.405. The van der Waals surface area contributed by atoms with Gasteiger partial charge in [-0.25, -0.2) is 0 Å². The molecule has 3 heteroatoms. The molecule has 1 aliphatic rings. The second-order valence-electron chi connectivity index (χ2n) is 3.10. The van der Waals surface area contributed by atoms with E-state index in [4.69, 9.17) is 4.74 Å². The summed E-state index contributed by atoms with van der Waals surface area (Å²) in [7, 11) is 1.46. The summed E-state index contributed by atoms with van der Waals surface area (Å²) in [6.07, 6.45) is 0.911. The lowest BCUT2D eigenvalue weighted by molar-refractivity contribution is -0.148.